The molecule has 0 radical (unpaired) electrons. The van der Waals surface area contributed by atoms with Gasteiger partial charge in [0.1, 0.15) is 5.69 Å². The maximum atomic E-state index is 12.2. The molecule has 0 spiro atoms. The van der Waals surface area contributed by atoms with E-state index < -0.39 is 24.4 Å². The summed E-state index contributed by atoms with van der Waals surface area (Å²) in [5.41, 5.74) is 6.58. The van der Waals surface area contributed by atoms with E-state index in [0.717, 1.165) is 0 Å². The summed E-state index contributed by atoms with van der Waals surface area (Å²) < 4.78 is 38.0. The van der Waals surface area contributed by atoms with Crippen LogP contribution in [0.25, 0.3) is 0 Å². The van der Waals surface area contributed by atoms with Gasteiger partial charge in [-0.1, -0.05) is 12.1 Å². The van der Waals surface area contributed by atoms with Crippen LogP contribution < -0.4 is 11.1 Å². The van der Waals surface area contributed by atoms with Crippen LogP contribution in [0.2, 0.25) is 0 Å². The summed E-state index contributed by atoms with van der Waals surface area (Å²) >= 11 is 0. The van der Waals surface area contributed by atoms with E-state index in [1.165, 1.54) is 41.1 Å². The van der Waals surface area contributed by atoms with Crippen molar-refractivity contribution in [2.24, 2.45) is 12.8 Å². The van der Waals surface area contributed by atoms with Gasteiger partial charge in [-0.15, -0.1) is 0 Å². The Balaban J connectivity index is 2.03. The van der Waals surface area contributed by atoms with Crippen LogP contribution >= 0.6 is 0 Å². The van der Waals surface area contributed by atoms with Gasteiger partial charge in [0.05, 0.1) is 5.56 Å². The third-order valence-electron chi connectivity index (χ3n) is 3.43. The number of rotatable bonds is 5. The molecule has 1 heterocycles. The van der Waals surface area contributed by atoms with Crippen molar-refractivity contribution in [3.05, 3.63) is 53.3 Å². The van der Waals surface area contributed by atoms with Gasteiger partial charge in [-0.05, 0) is 30.2 Å². The van der Waals surface area contributed by atoms with Gasteiger partial charge in [-0.25, -0.2) is 0 Å². The van der Waals surface area contributed by atoms with Crippen molar-refractivity contribution in [1.82, 2.24) is 4.57 Å². The lowest BCUT2D eigenvalue weighted by atomic mass is 10.1. The van der Waals surface area contributed by atoms with Gasteiger partial charge in [-0.3, -0.25) is 9.59 Å². The number of carbonyl (C=O) groups is 2. The molecule has 0 aliphatic heterocycles. The zero-order valence-electron chi connectivity index (χ0n) is 12.9. The molecule has 128 valence electrons. The second-order valence-electron chi connectivity index (χ2n) is 5.36. The highest BCUT2D eigenvalue weighted by atomic mass is 19.4. The Morgan fingerprint density at radius 1 is 1.21 bits per heavy atom. The van der Waals surface area contributed by atoms with E-state index >= 15 is 0 Å². The van der Waals surface area contributed by atoms with Crippen LogP contribution in [0.15, 0.2) is 36.5 Å². The van der Waals surface area contributed by atoms with Crippen molar-refractivity contribution < 1.29 is 22.8 Å². The Labute approximate surface area is 136 Å². The molecule has 5 nitrogen and oxygen atoms in total. The summed E-state index contributed by atoms with van der Waals surface area (Å²) in [5.74, 6) is -1.09. The molecule has 1 aromatic heterocycles. The van der Waals surface area contributed by atoms with Crippen molar-refractivity contribution in [3.63, 3.8) is 0 Å². The number of aromatic nitrogens is 1. The fourth-order valence-corrected chi connectivity index (χ4v) is 2.16. The van der Waals surface area contributed by atoms with Gasteiger partial charge in [-0.2, -0.15) is 13.2 Å². The van der Waals surface area contributed by atoms with Crippen molar-refractivity contribution in [3.8, 4) is 0 Å². The van der Waals surface area contributed by atoms with E-state index in [0.29, 0.717) is 11.3 Å². The third-order valence-corrected chi connectivity index (χ3v) is 3.43. The van der Waals surface area contributed by atoms with Crippen molar-refractivity contribution in [2.75, 3.05) is 5.32 Å². The molecule has 0 atom stereocenters. The minimum Gasteiger partial charge on any atom is -0.366 e. The average molecular weight is 339 g/mol. The molecule has 24 heavy (non-hydrogen) atoms. The van der Waals surface area contributed by atoms with E-state index in [4.69, 9.17) is 5.73 Å². The number of alkyl halides is 3. The lowest BCUT2D eigenvalue weighted by Gasteiger charge is -2.08. The molecule has 0 saturated carbocycles. The van der Waals surface area contributed by atoms with Gasteiger partial charge in [0.2, 0.25) is 5.91 Å². The average Bonchev–Trinajstić information content (AvgIpc) is 2.88. The predicted molar refractivity (Wildman–Crippen MR) is 82.7 cm³/mol. The number of primary amides is 1. The number of amides is 2. The molecule has 1 aromatic carbocycles. The Morgan fingerprint density at radius 2 is 1.83 bits per heavy atom. The summed E-state index contributed by atoms with van der Waals surface area (Å²) in [6.45, 7) is 0. The van der Waals surface area contributed by atoms with Crippen LogP contribution in [0.1, 0.15) is 32.8 Å². The lowest BCUT2D eigenvalue weighted by Crippen LogP contribution is -2.15. The number of halogens is 3. The number of hydrogen-bond donors (Lipinski definition) is 2. The highest BCUT2D eigenvalue weighted by Crippen LogP contribution is 2.22. The van der Waals surface area contributed by atoms with Crippen LogP contribution in [0.4, 0.5) is 18.9 Å². The first kappa shape index (κ1) is 17.6. The van der Waals surface area contributed by atoms with Gasteiger partial charge in [0.15, 0.2) is 0 Å². The number of anilines is 1. The van der Waals surface area contributed by atoms with Crippen LogP contribution in [0, 0.1) is 0 Å². The molecule has 0 unspecified atom stereocenters. The summed E-state index contributed by atoms with van der Waals surface area (Å²) in [7, 11) is 1.60. The molecule has 0 aliphatic rings. The number of aryl methyl sites for hydroxylation is 2. The fourth-order valence-electron chi connectivity index (χ4n) is 2.16. The molecular formula is C16H16F3N3O2. The van der Waals surface area contributed by atoms with Crippen LogP contribution in [-0.2, 0) is 13.5 Å². The van der Waals surface area contributed by atoms with Gasteiger partial charge in [0, 0.05) is 25.4 Å². The Bertz CT molecular complexity index is 749. The normalized spacial score (nSPS) is 11.3. The predicted octanol–water partition coefficient (Wildman–Crippen LogP) is 2.87. The minimum absolute atomic E-state index is 0.114. The third kappa shape index (κ3) is 4.61. The molecule has 0 bridgehead atoms. The van der Waals surface area contributed by atoms with Crippen LogP contribution in [0.5, 0.6) is 0 Å². The van der Waals surface area contributed by atoms with Crippen molar-refractivity contribution >= 4 is 17.5 Å². The maximum Gasteiger partial charge on any atom is 0.389 e. The molecule has 2 aromatic rings. The van der Waals surface area contributed by atoms with E-state index in [2.05, 4.69) is 5.32 Å². The standard InChI is InChI=1S/C16H16F3N3O2/c1-22-9-11(14(20)23)8-13(22)15(24)21-12-4-2-10(3-5-12)6-7-16(17,18)19/h2-5,8-9H,6-7H2,1H3,(H2,20,23)(H,21,24). The molecule has 0 saturated heterocycles. The highest BCUT2D eigenvalue weighted by Gasteiger charge is 2.26. The molecule has 0 aliphatic carbocycles. The first-order valence-electron chi connectivity index (χ1n) is 7.09. The lowest BCUT2D eigenvalue weighted by molar-refractivity contribution is -0.134. The summed E-state index contributed by atoms with van der Waals surface area (Å²) in [6.07, 6.45) is -3.76. The molecule has 3 N–H and O–H groups in total. The molecular weight excluding hydrogens is 323 g/mol. The number of hydrogen-bond acceptors (Lipinski definition) is 2. The van der Waals surface area contributed by atoms with E-state index in [-0.39, 0.29) is 17.7 Å². The van der Waals surface area contributed by atoms with Gasteiger partial charge < -0.3 is 15.6 Å². The number of nitrogens with one attached hydrogen (secondary N) is 1. The number of carbonyl (C=O) groups excluding carboxylic acids is 2. The monoisotopic (exact) mass is 339 g/mol. The SMILES string of the molecule is Cn1cc(C(N)=O)cc1C(=O)Nc1ccc(CCC(F)(F)F)cc1. The smallest absolute Gasteiger partial charge is 0.366 e. The largest absolute Gasteiger partial charge is 0.389 e. The molecule has 2 amide bonds. The Kier molecular flexibility index (Phi) is 4.96. The second-order valence-corrected chi connectivity index (χ2v) is 5.36. The topological polar surface area (TPSA) is 77.1 Å². The first-order valence-corrected chi connectivity index (χ1v) is 7.09. The summed E-state index contributed by atoms with van der Waals surface area (Å²) in [4.78, 5) is 23.3. The van der Waals surface area contributed by atoms with Crippen LogP contribution in [-0.4, -0.2) is 22.6 Å². The molecule has 0 fully saturated rings. The quantitative estimate of drug-likeness (QED) is 0.879. The number of nitrogens with zero attached hydrogens (tertiary/aromatic N) is 1. The Hall–Kier alpha value is -2.77. The molecule has 8 heteroatoms. The summed E-state index contributed by atoms with van der Waals surface area (Å²) in [5, 5.41) is 2.62. The zero-order chi connectivity index (χ0) is 17.9. The van der Waals surface area contributed by atoms with E-state index in [1.54, 1.807) is 7.05 Å². The second kappa shape index (κ2) is 6.77. The molecule has 2 rings (SSSR count). The van der Waals surface area contributed by atoms with Gasteiger partial charge in [0.25, 0.3) is 5.91 Å². The van der Waals surface area contributed by atoms with E-state index in [1.807, 2.05) is 0 Å². The number of nitrogens with two attached hydrogens (primary N) is 1. The Morgan fingerprint density at radius 3 is 2.33 bits per heavy atom. The van der Waals surface area contributed by atoms with Crippen LogP contribution in [0.3, 0.4) is 0 Å². The van der Waals surface area contributed by atoms with Crippen molar-refractivity contribution in [1.29, 1.82) is 0 Å². The maximum absolute atomic E-state index is 12.2. The zero-order valence-corrected chi connectivity index (χ0v) is 12.9. The number of benzene rings is 1. The highest BCUT2D eigenvalue weighted by molar-refractivity contribution is 6.05. The fraction of sp³-hybridized carbons (Fsp3) is 0.250. The summed E-state index contributed by atoms with van der Waals surface area (Å²) in [6, 6.07) is 7.49. The first-order chi connectivity index (χ1) is 11.2. The van der Waals surface area contributed by atoms with Crippen molar-refractivity contribution in [2.45, 2.75) is 19.0 Å². The van der Waals surface area contributed by atoms with E-state index in [9.17, 15) is 22.8 Å². The minimum atomic E-state index is -4.20. The van der Waals surface area contributed by atoms with Gasteiger partial charge >= 0.3 is 6.18 Å².